The Morgan fingerprint density at radius 2 is 1.83 bits per heavy atom. The molecule has 0 heterocycles. The third-order valence-corrected chi connectivity index (χ3v) is 1.71. The van der Waals surface area contributed by atoms with Crippen LogP contribution < -0.4 is 0 Å². The maximum absolute atomic E-state index is 5.00. The Morgan fingerprint density at radius 1 is 1.17 bits per heavy atom. The molecule has 0 aromatic heterocycles. The summed E-state index contributed by atoms with van der Waals surface area (Å²) in [7, 11) is 1.43. The van der Waals surface area contributed by atoms with Gasteiger partial charge in [-0.25, -0.2) is 9.78 Å². The van der Waals surface area contributed by atoms with Crippen LogP contribution in [0.15, 0.2) is 0 Å². The van der Waals surface area contributed by atoms with Crippen molar-refractivity contribution >= 4 is 0 Å². The van der Waals surface area contributed by atoms with Gasteiger partial charge < -0.3 is 0 Å². The van der Waals surface area contributed by atoms with Crippen molar-refractivity contribution in [1.29, 1.82) is 0 Å². The summed E-state index contributed by atoms with van der Waals surface area (Å²) >= 11 is 0. The molecule has 0 atom stereocenters. The third-order valence-electron chi connectivity index (χ3n) is 1.71. The van der Waals surface area contributed by atoms with E-state index in [0.717, 1.165) is 12.8 Å². The summed E-state index contributed by atoms with van der Waals surface area (Å²) in [6.45, 7) is 6.16. The highest BCUT2D eigenvalue weighted by Gasteiger charge is 2.19. The van der Waals surface area contributed by atoms with Gasteiger partial charge in [0.15, 0.2) is 0 Å². The van der Waals surface area contributed by atoms with E-state index in [9.17, 15) is 0 Å². The van der Waals surface area contributed by atoms with Crippen LogP contribution in [0.1, 0.15) is 46.5 Å². The fraction of sp³-hybridized carbons (Fsp3) is 1.00. The molecule has 0 unspecified atom stereocenters. The standard InChI is InChI=1S/C9H20O3/c1-5-6-7-8-9(2,3)11-12-10-4/h5-8H2,1-4H3. The van der Waals surface area contributed by atoms with E-state index >= 15 is 0 Å². The predicted molar refractivity (Wildman–Crippen MR) is 47.4 cm³/mol. The van der Waals surface area contributed by atoms with E-state index in [1.54, 1.807) is 0 Å². The first-order valence-corrected chi connectivity index (χ1v) is 4.51. The van der Waals surface area contributed by atoms with E-state index in [0.29, 0.717) is 0 Å². The summed E-state index contributed by atoms with van der Waals surface area (Å²) in [5, 5.41) is 4.43. The topological polar surface area (TPSA) is 27.7 Å². The molecule has 0 bridgehead atoms. The van der Waals surface area contributed by atoms with E-state index in [2.05, 4.69) is 16.8 Å². The van der Waals surface area contributed by atoms with Gasteiger partial charge in [0.1, 0.15) is 5.60 Å². The lowest BCUT2D eigenvalue weighted by Crippen LogP contribution is -2.24. The molecule has 12 heavy (non-hydrogen) atoms. The van der Waals surface area contributed by atoms with E-state index in [1.807, 2.05) is 13.8 Å². The number of rotatable bonds is 7. The fourth-order valence-corrected chi connectivity index (χ4v) is 0.969. The normalized spacial score (nSPS) is 12.0. The summed E-state index contributed by atoms with van der Waals surface area (Å²) in [6.07, 6.45) is 4.61. The van der Waals surface area contributed by atoms with Gasteiger partial charge >= 0.3 is 0 Å². The van der Waals surface area contributed by atoms with Crippen molar-refractivity contribution in [3.8, 4) is 0 Å². The first kappa shape index (κ1) is 11.9. The van der Waals surface area contributed by atoms with Gasteiger partial charge in [0.05, 0.1) is 7.11 Å². The molecule has 0 spiro atoms. The quantitative estimate of drug-likeness (QED) is 0.339. The SMILES string of the molecule is CCCCCC(C)(C)OOOC. The lowest BCUT2D eigenvalue weighted by molar-refractivity contribution is -0.532. The van der Waals surface area contributed by atoms with Gasteiger partial charge in [0, 0.05) is 0 Å². The van der Waals surface area contributed by atoms with E-state index in [1.165, 1.54) is 20.0 Å². The molecule has 0 saturated heterocycles. The number of hydrogen-bond acceptors (Lipinski definition) is 3. The molecule has 0 amide bonds. The summed E-state index contributed by atoms with van der Waals surface area (Å²) < 4.78 is 0. The second-order valence-electron chi connectivity index (χ2n) is 3.53. The Morgan fingerprint density at radius 3 is 2.33 bits per heavy atom. The van der Waals surface area contributed by atoms with Crippen molar-refractivity contribution < 1.29 is 14.8 Å². The fourth-order valence-electron chi connectivity index (χ4n) is 0.969. The average molecular weight is 176 g/mol. The zero-order chi connectivity index (χ0) is 9.45. The Balaban J connectivity index is 3.42. The average Bonchev–Trinajstić information content (AvgIpc) is 2.01. The summed E-state index contributed by atoms with van der Waals surface area (Å²) in [5.41, 5.74) is -0.245. The van der Waals surface area contributed by atoms with Crippen molar-refractivity contribution in [3.05, 3.63) is 0 Å². The first-order chi connectivity index (χ1) is 5.62. The van der Waals surface area contributed by atoms with Gasteiger partial charge in [-0.15, -0.1) is 0 Å². The van der Waals surface area contributed by atoms with Crippen molar-refractivity contribution in [1.82, 2.24) is 0 Å². The number of unbranched alkanes of at least 4 members (excludes halogenated alkanes) is 2. The molecule has 0 saturated carbocycles. The van der Waals surface area contributed by atoms with Gasteiger partial charge in [-0.1, -0.05) is 31.2 Å². The predicted octanol–water partition coefficient (Wildman–Crippen LogP) is 2.85. The highest BCUT2D eigenvalue weighted by molar-refractivity contribution is 4.65. The Labute approximate surface area is 74.9 Å². The number of hydrogen-bond donors (Lipinski definition) is 0. The minimum absolute atomic E-state index is 0.245. The Hall–Kier alpha value is -0.120. The molecule has 0 fully saturated rings. The molecule has 0 aliphatic heterocycles. The molecule has 74 valence electrons. The van der Waals surface area contributed by atoms with Crippen LogP contribution in [-0.2, 0) is 14.8 Å². The van der Waals surface area contributed by atoms with Crippen LogP contribution in [-0.4, -0.2) is 12.7 Å². The smallest absolute Gasteiger partial charge is 0.101 e. The molecule has 0 rings (SSSR count). The van der Waals surface area contributed by atoms with E-state index < -0.39 is 0 Å². The zero-order valence-corrected chi connectivity index (χ0v) is 8.55. The van der Waals surface area contributed by atoms with Gasteiger partial charge in [-0.05, 0) is 20.3 Å². The first-order valence-electron chi connectivity index (χ1n) is 4.51. The monoisotopic (exact) mass is 176 g/mol. The summed E-state index contributed by atoms with van der Waals surface area (Å²) in [5.74, 6) is 0. The van der Waals surface area contributed by atoms with Crippen LogP contribution in [0.2, 0.25) is 0 Å². The van der Waals surface area contributed by atoms with Crippen molar-refractivity contribution in [2.45, 2.75) is 52.1 Å². The summed E-state index contributed by atoms with van der Waals surface area (Å²) in [6, 6.07) is 0. The van der Waals surface area contributed by atoms with Crippen LogP contribution in [0.25, 0.3) is 0 Å². The molecule has 0 aliphatic carbocycles. The minimum atomic E-state index is -0.245. The van der Waals surface area contributed by atoms with Crippen LogP contribution in [0.4, 0.5) is 0 Å². The zero-order valence-electron chi connectivity index (χ0n) is 8.55. The maximum atomic E-state index is 5.00. The lowest BCUT2D eigenvalue weighted by Gasteiger charge is -2.21. The molecule has 0 N–H and O–H groups in total. The van der Waals surface area contributed by atoms with Crippen molar-refractivity contribution in [2.75, 3.05) is 7.11 Å². The van der Waals surface area contributed by atoms with Crippen LogP contribution >= 0.6 is 0 Å². The second kappa shape index (κ2) is 6.40. The van der Waals surface area contributed by atoms with Crippen LogP contribution in [0, 0.1) is 0 Å². The van der Waals surface area contributed by atoms with Gasteiger partial charge in [0.25, 0.3) is 0 Å². The Kier molecular flexibility index (Phi) is 6.34. The molecule has 3 nitrogen and oxygen atoms in total. The Bertz CT molecular complexity index is 102. The highest BCUT2D eigenvalue weighted by atomic mass is 17.5. The molecule has 3 heteroatoms. The molecular weight excluding hydrogens is 156 g/mol. The molecule has 0 aliphatic rings. The van der Waals surface area contributed by atoms with Crippen LogP contribution in [0.5, 0.6) is 0 Å². The van der Waals surface area contributed by atoms with Crippen LogP contribution in [0.3, 0.4) is 0 Å². The van der Waals surface area contributed by atoms with Crippen molar-refractivity contribution in [2.24, 2.45) is 0 Å². The highest BCUT2D eigenvalue weighted by Crippen LogP contribution is 2.18. The lowest BCUT2D eigenvalue weighted by atomic mass is 10.0. The molecular formula is C9H20O3. The summed E-state index contributed by atoms with van der Waals surface area (Å²) in [4.78, 5) is 9.36. The van der Waals surface area contributed by atoms with Gasteiger partial charge in [-0.3, -0.25) is 0 Å². The molecule has 0 aromatic rings. The van der Waals surface area contributed by atoms with Crippen molar-refractivity contribution in [3.63, 3.8) is 0 Å². The van der Waals surface area contributed by atoms with E-state index in [4.69, 9.17) is 4.89 Å². The van der Waals surface area contributed by atoms with Gasteiger partial charge in [0.2, 0.25) is 0 Å². The van der Waals surface area contributed by atoms with E-state index in [-0.39, 0.29) is 5.60 Å². The maximum Gasteiger partial charge on any atom is 0.101 e. The molecule has 0 radical (unpaired) electrons. The largest absolute Gasteiger partial charge is 0.210 e. The minimum Gasteiger partial charge on any atom is -0.210 e. The van der Waals surface area contributed by atoms with Gasteiger partial charge in [-0.2, -0.15) is 0 Å². The molecule has 0 aromatic carbocycles. The second-order valence-corrected chi connectivity index (χ2v) is 3.53. The third kappa shape index (κ3) is 6.58.